The highest BCUT2D eigenvalue weighted by molar-refractivity contribution is 7.85. The zero-order chi connectivity index (χ0) is 26.7. The van der Waals surface area contributed by atoms with Gasteiger partial charge in [0.05, 0.1) is 9.70 Å². The average molecular weight is 598 g/mol. The molecule has 5 rings (SSSR count). The van der Waals surface area contributed by atoms with E-state index in [0.29, 0.717) is 33.3 Å². The summed E-state index contributed by atoms with van der Waals surface area (Å²) in [5, 5.41) is 3.53. The number of thiophene rings is 2. The molecule has 0 bridgehead atoms. The predicted octanol–water partition coefficient (Wildman–Crippen LogP) is 4.62. The predicted molar refractivity (Wildman–Crippen MR) is 145 cm³/mol. The topological polar surface area (TPSA) is 131 Å². The van der Waals surface area contributed by atoms with Crippen LogP contribution >= 0.6 is 34.0 Å². The maximum Gasteiger partial charge on any atom is 0.283 e. The van der Waals surface area contributed by atoms with Crippen LogP contribution in [0.3, 0.4) is 0 Å². The van der Waals surface area contributed by atoms with Crippen molar-refractivity contribution in [2.75, 3.05) is 10.8 Å². The van der Waals surface area contributed by atoms with E-state index in [1.54, 1.807) is 35.6 Å². The van der Waals surface area contributed by atoms with Crippen LogP contribution in [0, 0.1) is 13.8 Å². The Balaban J connectivity index is 1.63. The summed E-state index contributed by atoms with van der Waals surface area (Å²) >= 11 is 4.37. The van der Waals surface area contributed by atoms with Crippen LogP contribution in [0.1, 0.15) is 29.5 Å². The Hall–Kier alpha value is -2.33. The van der Waals surface area contributed by atoms with E-state index in [-0.39, 0.29) is 5.88 Å². The minimum Gasteiger partial charge on any atom is -0.747 e. The lowest BCUT2D eigenvalue weighted by molar-refractivity contribution is -0.647. The maximum atomic E-state index is 11.7. The van der Waals surface area contributed by atoms with Gasteiger partial charge in [-0.05, 0) is 60.5 Å². The molecule has 9 nitrogen and oxygen atoms in total. The lowest BCUT2D eigenvalue weighted by Crippen LogP contribution is -2.38. The summed E-state index contributed by atoms with van der Waals surface area (Å²) in [5.41, 5.74) is 3.04. The van der Waals surface area contributed by atoms with E-state index in [4.69, 9.17) is 4.74 Å². The molecule has 4 heterocycles. The molecule has 4 aromatic rings. The van der Waals surface area contributed by atoms with Crippen molar-refractivity contribution in [2.24, 2.45) is 0 Å². The SMILES string of the molecule is CCC(=C/c1sc2c3ccsc3sc2[n+]1CS(=O)(=O)[O-])/C=C1/Oc2cc(C)c(C)cc2N1CS(=O)(=O)[O-]. The van der Waals surface area contributed by atoms with E-state index < -0.39 is 32.0 Å². The Kier molecular flexibility index (Phi) is 6.71. The third kappa shape index (κ3) is 5.32. The number of thiazole rings is 1. The molecule has 0 saturated heterocycles. The molecule has 1 aromatic carbocycles. The fraction of sp³-hybridized carbons (Fsp3) is 0.261. The van der Waals surface area contributed by atoms with Gasteiger partial charge in [-0.1, -0.05) is 29.6 Å². The number of ether oxygens (including phenoxy) is 1. The molecule has 37 heavy (non-hydrogen) atoms. The fourth-order valence-electron chi connectivity index (χ4n) is 4.03. The summed E-state index contributed by atoms with van der Waals surface area (Å²) in [7, 11) is -9.19. The van der Waals surface area contributed by atoms with Crippen LogP contribution in [-0.2, 0) is 26.1 Å². The summed E-state index contributed by atoms with van der Waals surface area (Å²) in [5.74, 6) is -0.891. The first-order valence-corrected chi connectivity index (χ1v) is 16.7. The molecule has 0 radical (unpaired) electrons. The van der Waals surface area contributed by atoms with Crippen LogP contribution in [0.2, 0.25) is 0 Å². The average Bonchev–Trinajstić information content (AvgIpc) is 3.51. The monoisotopic (exact) mass is 597 g/mol. The molecule has 0 atom stereocenters. The number of nitrogens with zero attached hydrogens (tertiary/aromatic N) is 2. The number of fused-ring (bicyclic) bond motifs is 4. The van der Waals surface area contributed by atoms with Gasteiger partial charge in [0.25, 0.3) is 9.84 Å². The van der Waals surface area contributed by atoms with Crippen molar-refractivity contribution >= 4 is 84.9 Å². The van der Waals surface area contributed by atoms with Crippen LogP contribution in [0.25, 0.3) is 25.0 Å². The second kappa shape index (κ2) is 9.45. The first-order chi connectivity index (χ1) is 17.3. The molecule has 0 amide bonds. The van der Waals surface area contributed by atoms with Crippen LogP contribution in [-0.4, -0.2) is 31.8 Å². The van der Waals surface area contributed by atoms with Gasteiger partial charge in [0.2, 0.25) is 11.8 Å². The van der Waals surface area contributed by atoms with Gasteiger partial charge in [-0.2, -0.15) is 4.57 Å². The highest BCUT2D eigenvalue weighted by atomic mass is 32.2. The maximum absolute atomic E-state index is 11.7. The Morgan fingerprint density at radius 1 is 1.11 bits per heavy atom. The normalized spacial score (nSPS) is 15.8. The van der Waals surface area contributed by atoms with Crippen LogP contribution in [0.15, 0.2) is 41.1 Å². The first kappa shape index (κ1) is 26.3. The van der Waals surface area contributed by atoms with Crippen molar-refractivity contribution in [1.29, 1.82) is 0 Å². The summed E-state index contributed by atoms with van der Waals surface area (Å²) in [6.45, 7) is 5.67. The number of hydrogen-bond donors (Lipinski definition) is 0. The molecule has 196 valence electrons. The quantitative estimate of drug-likeness (QED) is 0.223. The standard InChI is InChI=1S/C23H22N2O7S5/c1-4-15(9-19-24(11-36(26,27)28)17-7-13(2)14(3)8-18(17)32-19)10-20-25(12-37(29,30)31)22-21(34-20)16-5-6-33-23(16)35-22/h5-10H,4,11-12H2,1-3H3,(H-,26,27,28,29,30,31)/p-1. The third-order valence-corrected chi connectivity index (χ3v) is 10.6. The highest BCUT2D eigenvalue weighted by Crippen LogP contribution is 2.42. The molecule has 0 spiro atoms. The largest absolute Gasteiger partial charge is 0.747 e. The molecular formula is C23H21N2O7S5-. The summed E-state index contributed by atoms with van der Waals surface area (Å²) in [6.07, 6.45) is 3.89. The smallest absolute Gasteiger partial charge is 0.283 e. The van der Waals surface area contributed by atoms with Gasteiger partial charge in [-0.3, -0.25) is 4.90 Å². The molecule has 0 saturated carbocycles. The molecular weight excluding hydrogens is 577 g/mol. The minimum absolute atomic E-state index is 0.175. The fourth-order valence-corrected chi connectivity index (χ4v) is 9.11. The molecule has 0 fully saturated rings. The van der Waals surface area contributed by atoms with Crippen molar-refractivity contribution in [3.8, 4) is 5.75 Å². The Morgan fingerprint density at radius 2 is 1.84 bits per heavy atom. The van der Waals surface area contributed by atoms with Crippen molar-refractivity contribution in [2.45, 2.75) is 33.1 Å². The zero-order valence-corrected chi connectivity index (χ0v) is 24.0. The molecule has 1 aliphatic rings. The van der Waals surface area contributed by atoms with Gasteiger partial charge >= 0.3 is 0 Å². The van der Waals surface area contributed by atoms with E-state index in [2.05, 4.69) is 0 Å². The number of rotatable bonds is 7. The number of aromatic nitrogens is 1. The number of anilines is 1. The second-order valence-corrected chi connectivity index (χ2v) is 14.5. The molecule has 0 aliphatic carbocycles. The second-order valence-electron chi connectivity index (χ2n) is 8.59. The van der Waals surface area contributed by atoms with Crippen molar-refractivity contribution in [3.63, 3.8) is 0 Å². The molecule has 0 N–H and O–H groups in total. The number of benzene rings is 1. The highest BCUT2D eigenvalue weighted by Gasteiger charge is 2.30. The van der Waals surface area contributed by atoms with E-state index >= 15 is 0 Å². The van der Waals surface area contributed by atoms with Crippen molar-refractivity contribution in [3.05, 3.63) is 57.2 Å². The van der Waals surface area contributed by atoms with Crippen LogP contribution in [0.5, 0.6) is 5.75 Å². The van der Waals surface area contributed by atoms with E-state index in [1.165, 1.54) is 32.1 Å². The Morgan fingerprint density at radius 3 is 2.51 bits per heavy atom. The zero-order valence-electron chi connectivity index (χ0n) is 19.9. The Labute approximate surface area is 226 Å². The van der Waals surface area contributed by atoms with Gasteiger partial charge in [0.15, 0.2) is 15.9 Å². The molecule has 3 aromatic heterocycles. The minimum atomic E-state index is -4.63. The number of aryl methyl sites for hydroxylation is 2. The van der Waals surface area contributed by atoms with Gasteiger partial charge in [0, 0.05) is 17.5 Å². The number of hydrogen-bond acceptors (Lipinski definition) is 11. The summed E-state index contributed by atoms with van der Waals surface area (Å²) < 4.78 is 79.7. The van der Waals surface area contributed by atoms with E-state index in [1.807, 2.05) is 32.2 Å². The Bertz CT molecular complexity index is 1830. The van der Waals surface area contributed by atoms with Gasteiger partial charge < -0.3 is 13.8 Å². The molecule has 1 aliphatic heterocycles. The first-order valence-electron chi connectivity index (χ1n) is 11.0. The summed E-state index contributed by atoms with van der Waals surface area (Å²) in [6, 6.07) is 5.53. The van der Waals surface area contributed by atoms with Crippen LogP contribution in [0.4, 0.5) is 5.69 Å². The van der Waals surface area contributed by atoms with Gasteiger partial charge in [0.1, 0.15) is 20.7 Å². The van der Waals surface area contributed by atoms with Gasteiger partial charge in [-0.25, -0.2) is 16.8 Å². The van der Waals surface area contributed by atoms with Gasteiger partial charge in [-0.15, -0.1) is 11.3 Å². The lowest BCUT2D eigenvalue weighted by Gasteiger charge is -2.20. The molecule has 0 unspecified atom stereocenters. The van der Waals surface area contributed by atoms with E-state index in [0.717, 1.165) is 25.2 Å². The van der Waals surface area contributed by atoms with Crippen LogP contribution < -0.4 is 14.2 Å². The van der Waals surface area contributed by atoms with E-state index in [9.17, 15) is 25.9 Å². The van der Waals surface area contributed by atoms with Crippen molar-refractivity contribution in [1.82, 2.24) is 0 Å². The van der Waals surface area contributed by atoms with Crippen molar-refractivity contribution < 1.29 is 35.2 Å². The molecule has 14 heteroatoms. The third-order valence-electron chi connectivity index (χ3n) is 5.92. The summed E-state index contributed by atoms with van der Waals surface area (Å²) in [4.78, 5) is 2.03. The number of allylic oxidation sites excluding steroid dienone is 2. The lowest BCUT2D eigenvalue weighted by atomic mass is 10.1.